The molecule has 3 aromatic rings. The van der Waals surface area contributed by atoms with E-state index in [-0.39, 0.29) is 11.8 Å². The van der Waals surface area contributed by atoms with Gasteiger partial charge in [0.2, 0.25) is 5.91 Å². The highest BCUT2D eigenvalue weighted by Gasteiger charge is 2.25. The summed E-state index contributed by atoms with van der Waals surface area (Å²) >= 11 is 1.80. The van der Waals surface area contributed by atoms with Gasteiger partial charge in [-0.25, -0.2) is 15.0 Å². The fourth-order valence-electron chi connectivity index (χ4n) is 4.47. The molecule has 4 heterocycles. The maximum atomic E-state index is 11.5. The Balaban J connectivity index is 1.36. The normalized spacial score (nSPS) is 16.9. The first-order valence-electron chi connectivity index (χ1n) is 10.2. The molecule has 8 heteroatoms. The summed E-state index contributed by atoms with van der Waals surface area (Å²) in [7, 11) is 0. The van der Waals surface area contributed by atoms with Crippen LogP contribution in [0.15, 0.2) is 24.7 Å². The molecule has 29 heavy (non-hydrogen) atoms. The molecule has 0 unspecified atom stereocenters. The van der Waals surface area contributed by atoms with E-state index in [1.54, 1.807) is 17.7 Å². The molecule has 3 N–H and O–H groups in total. The van der Waals surface area contributed by atoms with Gasteiger partial charge in [-0.05, 0) is 43.7 Å². The zero-order valence-corrected chi connectivity index (χ0v) is 17.0. The number of rotatable bonds is 5. The minimum absolute atomic E-state index is 0.0217. The number of anilines is 2. The average Bonchev–Trinajstić information content (AvgIpc) is 3.34. The van der Waals surface area contributed by atoms with Crippen molar-refractivity contribution in [1.29, 1.82) is 0 Å². The number of aromatic nitrogens is 3. The lowest BCUT2D eigenvalue weighted by atomic mass is 9.96. The van der Waals surface area contributed by atoms with E-state index in [9.17, 15) is 4.79 Å². The first-order valence-corrected chi connectivity index (χ1v) is 11.0. The van der Waals surface area contributed by atoms with Gasteiger partial charge >= 0.3 is 0 Å². The van der Waals surface area contributed by atoms with Gasteiger partial charge in [0, 0.05) is 42.2 Å². The Morgan fingerprint density at radius 2 is 2.10 bits per heavy atom. The van der Waals surface area contributed by atoms with Crippen LogP contribution in [0.1, 0.15) is 35.3 Å². The molecule has 3 aromatic heterocycles. The third-order valence-electron chi connectivity index (χ3n) is 6.01. The number of hydrogen-bond acceptors (Lipinski definition) is 7. The van der Waals surface area contributed by atoms with Crippen molar-refractivity contribution in [3.05, 3.63) is 40.7 Å². The van der Waals surface area contributed by atoms with Crippen molar-refractivity contribution in [1.82, 2.24) is 15.0 Å². The predicted molar refractivity (Wildman–Crippen MR) is 115 cm³/mol. The molecule has 150 valence electrons. The van der Waals surface area contributed by atoms with Crippen LogP contribution in [0.2, 0.25) is 0 Å². The molecule has 1 amide bonds. The van der Waals surface area contributed by atoms with Gasteiger partial charge in [-0.2, -0.15) is 0 Å². The van der Waals surface area contributed by atoms with Crippen LogP contribution in [0.3, 0.4) is 0 Å². The van der Waals surface area contributed by atoms with Gasteiger partial charge in [-0.1, -0.05) is 6.07 Å². The topological polar surface area (TPSA) is 97.0 Å². The molecule has 1 aliphatic carbocycles. The molecule has 1 fully saturated rings. The van der Waals surface area contributed by atoms with Crippen LogP contribution in [-0.2, 0) is 24.2 Å². The molecule has 0 saturated carbocycles. The summed E-state index contributed by atoms with van der Waals surface area (Å²) < 4.78 is 0. The number of primary amides is 1. The predicted octanol–water partition coefficient (Wildman–Crippen LogP) is 2.89. The summed E-state index contributed by atoms with van der Waals surface area (Å²) in [5.41, 5.74) is 8.03. The Labute approximate surface area is 173 Å². The van der Waals surface area contributed by atoms with Crippen LogP contribution in [0, 0.1) is 5.92 Å². The van der Waals surface area contributed by atoms with Crippen LogP contribution in [0.25, 0.3) is 10.2 Å². The summed E-state index contributed by atoms with van der Waals surface area (Å²) in [6.45, 7) is 2.25. The van der Waals surface area contributed by atoms with Gasteiger partial charge in [-0.3, -0.25) is 4.79 Å². The Kier molecular flexibility index (Phi) is 4.79. The summed E-state index contributed by atoms with van der Waals surface area (Å²) in [4.78, 5) is 29.9. The second kappa shape index (κ2) is 7.59. The summed E-state index contributed by atoms with van der Waals surface area (Å²) in [6.07, 6.45) is 8.54. The Bertz CT molecular complexity index is 1060. The third-order valence-corrected chi connectivity index (χ3v) is 7.21. The van der Waals surface area contributed by atoms with Crippen molar-refractivity contribution in [2.24, 2.45) is 11.7 Å². The number of carbonyl (C=O) groups is 1. The number of nitrogens with one attached hydrogen (secondary N) is 1. The standard InChI is InChI=1S/C21H24N6OS/c22-18(28)13-6-9-27(10-7-13)20-14(3-2-8-23-20)11-24-19-17-15-4-1-5-16(15)29-21(17)26-12-25-19/h2-3,8,12-13H,1,4-7,9-11H2,(H2,22,28)(H,24,25,26). The molecule has 5 rings (SSSR count). The SMILES string of the molecule is NC(=O)C1CCN(c2ncccc2CNc2ncnc3sc4c(c23)CCC4)CC1. The minimum atomic E-state index is -0.191. The Morgan fingerprint density at radius 1 is 1.24 bits per heavy atom. The lowest BCUT2D eigenvalue weighted by molar-refractivity contribution is -0.122. The third kappa shape index (κ3) is 3.42. The van der Waals surface area contributed by atoms with Gasteiger partial charge in [0.25, 0.3) is 0 Å². The number of pyridine rings is 1. The number of amides is 1. The quantitative estimate of drug-likeness (QED) is 0.674. The van der Waals surface area contributed by atoms with Gasteiger partial charge in [0.1, 0.15) is 22.8 Å². The summed E-state index contributed by atoms with van der Waals surface area (Å²) in [5, 5.41) is 4.73. The molecule has 0 radical (unpaired) electrons. The number of hydrogen-bond donors (Lipinski definition) is 2. The number of thiophene rings is 1. The van der Waals surface area contributed by atoms with Crippen molar-refractivity contribution in [3.8, 4) is 0 Å². The number of aryl methyl sites for hydroxylation is 2. The molecule has 2 aliphatic rings. The number of fused-ring (bicyclic) bond motifs is 3. The maximum Gasteiger partial charge on any atom is 0.220 e. The van der Waals surface area contributed by atoms with Crippen molar-refractivity contribution in [3.63, 3.8) is 0 Å². The van der Waals surface area contributed by atoms with E-state index in [4.69, 9.17) is 5.73 Å². The van der Waals surface area contributed by atoms with Crippen LogP contribution < -0.4 is 16.0 Å². The fourth-order valence-corrected chi connectivity index (χ4v) is 5.70. The highest BCUT2D eigenvalue weighted by Crippen LogP contribution is 2.39. The average molecular weight is 409 g/mol. The lowest BCUT2D eigenvalue weighted by Crippen LogP contribution is -2.39. The first kappa shape index (κ1) is 18.3. The Hall–Kier alpha value is -2.74. The van der Waals surface area contributed by atoms with E-state index in [0.29, 0.717) is 6.54 Å². The minimum Gasteiger partial charge on any atom is -0.369 e. The molecule has 0 bridgehead atoms. The zero-order valence-electron chi connectivity index (χ0n) is 16.2. The molecule has 7 nitrogen and oxygen atoms in total. The second-order valence-electron chi connectivity index (χ2n) is 7.76. The van der Waals surface area contributed by atoms with E-state index in [2.05, 4.69) is 31.2 Å². The molecular weight excluding hydrogens is 384 g/mol. The first-order chi connectivity index (χ1) is 14.2. The summed E-state index contributed by atoms with van der Waals surface area (Å²) in [5.74, 6) is 1.68. The monoisotopic (exact) mass is 408 g/mol. The fraction of sp³-hybridized carbons (Fsp3) is 0.429. The molecule has 0 atom stereocenters. The number of piperidine rings is 1. The molecule has 0 aromatic carbocycles. The zero-order chi connectivity index (χ0) is 19.8. The lowest BCUT2D eigenvalue weighted by Gasteiger charge is -2.32. The van der Waals surface area contributed by atoms with Crippen LogP contribution in [0.4, 0.5) is 11.6 Å². The van der Waals surface area contributed by atoms with Gasteiger partial charge < -0.3 is 16.0 Å². The van der Waals surface area contributed by atoms with Crippen LogP contribution in [-0.4, -0.2) is 33.9 Å². The van der Waals surface area contributed by atoms with E-state index in [1.807, 2.05) is 12.3 Å². The highest BCUT2D eigenvalue weighted by molar-refractivity contribution is 7.19. The molecule has 1 aliphatic heterocycles. The van der Waals surface area contributed by atoms with Crippen LogP contribution >= 0.6 is 11.3 Å². The molecule has 1 saturated heterocycles. The largest absolute Gasteiger partial charge is 0.369 e. The Morgan fingerprint density at radius 3 is 2.93 bits per heavy atom. The van der Waals surface area contributed by atoms with Crippen molar-refractivity contribution < 1.29 is 4.79 Å². The molecule has 0 spiro atoms. The number of nitrogens with zero attached hydrogens (tertiary/aromatic N) is 4. The van der Waals surface area contributed by atoms with Gasteiger partial charge in [-0.15, -0.1) is 11.3 Å². The van der Waals surface area contributed by atoms with Gasteiger partial charge in [0.15, 0.2) is 0 Å². The van der Waals surface area contributed by atoms with Crippen molar-refractivity contribution in [2.75, 3.05) is 23.3 Å². The maximum absolute atomic E-state index is 11.5. The highest BCUT2D eigenvalue weighted by atomic mass is 32.1. The van der Waals surface area contributed by atoms with Crippen molar-refractivity contribution in [2.45, 2.75) is 38.6 Å². The van der Waals surface area contributed by atoms with E-state index in [0.717, 1.165) is 60.8 Å². The number of nitrogens with two attached hydrogens (primary N) is 1. The molecular formula is C21H24N6OS. The van der Waals surface area contributed by atoms with Gasteiger partial charge in [0.05, 0.1) is 5.39 Å². The van der Waals surface area contributed by atoms with Crippen molar-refractivity contribution >= 4 is 39.1 Å². The van der Waals surface area contributed by atoms with Crippen LogP contribution in [0.5, 0.6) is 0 Å². The second-order valence-corrected chi connectivity index (χ2v) is 8.85. The van der Waals surface area contributed by atoms with E-state index >= 15 is 0 Å². The van der Waals surface area contributed by atoms with E-state index in [1.165, 1.54) is 22.2 Å². The summed E-state index contributed by atoms with van der Waals surface area (Å²) in [6, 6.07) is 4.07. The van der Waals surface area contributed by atoms with E-state index < -0.39 is 0 Å². The number of carbonyl (C=O) groups excluding carboxylic acids is 1. The smallest absolute Gasteiger partial charge is 0.220 e.